The molecule has 3 rings (SSSR count). The second-order valence-electron chi connectivity index (χ2n) is 4.85. The van der Waals surface area contributed by atoms with Crippen LogP contribution in [0.4, 0.5) is 4.39 Å². The van der Waals surface area contributed by atoms with Gasteiger partial charge >= 0.3 is 0 Å². The Bertz CT molecular complexity index is 781. The van der Waals surface area contributed by atoms with Crippen molar-refractivity contribution in [2.24, 2.45) is 5.73 Å². The van der Waals surface area contributed by atoms with E-state index in [1.54, 1.807) is 18.3 Å². The van der Waals surface area contributed by atoms with Crippen molar-refractivity contribution >= 4 is 10.8 Å². The minimum Gasteiger partial charge on any atom is -0.325 e. The molecular formula is C17H15FN2. The van der Waals surface area contributed by atoms with Gasteiger partial charge in [-0.1, -0.05) is 42.0 Å². The molecule has 0 aliphatic heterocycles. The zero-order valence-corrected chi connectivity index (χ0v) is 11.2. The van der Waals surface area contributed by atoms with Crippen LogP contribution < -0.4 is 5.73 Å². The Kier molecular flexibility index (Phi) is 3.20. The number of pyridine rings is 1. The van der Waals surface area contributed by atoms with Gasteiger partial charge < -0.3 is 5.73 Å². The molecule has 0 saturated heterocycles. The molecule has 2 aromatic carbocycles. The summed E-state index contributed by atoms with van der Waals surface area (Å²) in [5, 5.41) is 1.98. The highest BCUT2D eigenvalue weighted by Crippen LogP contribution is 2.31. The lowest BCUT2D eigenvalue weighted by Crippen LogP contribution is -2.01. The van der Waals surface area contributed by atoms with E-state index >= 15 is 0 Å². The van der Waals surface area contributed by atoms with Crippen LogP contribution in [0.1, 0.15) is 11.3 Å². The van der Waals surface area contributed by atoms with Crippen LogP contribution in [0.3, 0.4) is 0 Å². The molecule has 3 heteroatoms. The van der Waals surface area contributed by atoms with Crippen molar-refractivity contribution < 1.29 is 4.39 Å². The monoisotopic (exact) mass is 266 g/mol. The van der Waals surface area contributed by atoms with Gasteiger partial charge in [0.15, 0.2) is 0 Å². The summed E-state index contributed by atoms with van der Waals surface area (Å²) in [7, 11) is 0. The summed E-state index contributed by atoms with van der Waals surface area (Å²) in [6.45, 7) is 2.39. The maximum absolute atomic E-state index is 14.0. The zero-order chi connectivity index (χ0) is 14.1. The van der Waals surface area contributed by atoms with Gasteiger partial charge in [0.25, 0.3) is 0 Å². The molecule has 1 heterocycles. The molecule has 0 aliphatic carbocycles. The minimum absolute atomic E-state index is 0.238. The average Bonchev–Trinajstić information content (AvgIpc) is 2.47. The Morgan fingerprint density at radius 3 is 2.60 bits per heavy atom. The number of nitrogens with two attached hydrogens (primary N) is 1. The third-order valence-corrected chi connectivity index (χ3v) is 3.48. The third kappa shape index (κ3) is 2.06. The number of fused-ring (bicyclic) bond motifs is 1. The van der Waals surface area contributed by atoms with Gasteiger partial charge in [0.2, 0.25) is 0 Å². The van der Waals surface area contributed by atoms with E-state index in [4.69, 9.17) is 5.73 Å². The predicted molar refractivity (Wildman–Crippen MR) is 79.8 cm³/mol. The lowest BCUT2D eigenvalue weighted by Gasteiger charge is -2.11. The summed E-state index contributed by atoms with van der Waals surface area (Å²) in [5.41, 5.74) is 9.07. The summed E-state index contributed by atoms with van der Waals surface area (Å²) >= 11 is 0. The van der Waals surface area contributed by atoms with Gasteiger partial charge in [0.05, 0.1) is 5.69 Å². The summed E-state index contributed by atoms with van der Waals surface area (Å²) < 4.78 is 14.0. The first-order chi connectivity index (χ1) is 9.70. The number of rotatable bonds is 2. The van der Waals surface area contributed by atoms with E-state index in [9.17, 15) is 4.39 Å². The third-order valence-electron chi connectivity index (χ3n) is 3.48. The molecule has 0 amide bonds. The lowest BCUT2D eigenvalue weighted by molar-refractivity contribution is 0.631. The smallest absolute Gasteiger partial charge is 0.131 e. The fourth-order valence-corrected chi connectivity index (χ4v) is 2.47. The Morgan fingerprint density at radius 2 is 1.85 bits per heavy atom. The van der Waals surface area contributed by atoms with Gasteiger partial charge in [0.1, 0.15) is 5.82 Å². The highest BCUT2D eigenvalue weighted by atomic mass is 19.1. The van der Waals surface area contributed by atoms with E-state index in [-0.39, 0.29) is 5.82 Å². The van der Waals surface area contributed by atoms with E-state index in [1.807, 2.05) is 25.1 Å². The van der Waals surface area contributed by atoms with E-state index in [1.165, 1.54) is 6.07 Å². The summed E-state index contributed by atoms with van der Waals surface area (Å²) in [6.07, 6.45) is 1.71. The molecule has 0 radical (unpaired) electrons. The normalized spacial score (nSPS) is 10.9. The molecule has 0 bridgehead atoms. The van der Waals surface area contributed by atoms with E-state index in [0.717, 1.165) is 27.6 Å². The highest BCUT2D eigenvalue weighted by molar-refractivity contribution is 5.97. The van der Waals surface area contributed by atoms with Crippen LogP contribution >= 0.6 is 0 Å². The molecule has 0 atom stereocenters. The molecule has 0 spiro atoms. The second kappa shape index (κ2) is 5.02. The summed E-state index contributed by atoms with van der Waals surface area (Å²) in [4.78, 5) is 4.38. The molecule has 20 heavy (non-hydrogen) atoms. The molecule has 0 unspecified atom stereocenters. The molecule has 2 N–H and O–H groups in total. The van der Waals surface area contributed by atoms with Crippen molar-refractivity contribution in [3.63, 3.8) is 0 Å². The van der Waals surface area contributed by atoms with Crippen LogP contribution in [0, 0.1) is 12.7 Å². The number of hydrogen-bond donors (Lipinski definition) is 1. The van der Waals surface area contributed by atoms with Gasteiger partial charge in [-0.05, 0) is 18.4 Å². The molecule has 1 aromatic heterocycles. The van der Waals surface area contributed by atoms with Crippen molar-refractivity contribution in [3.8, 4) is 11.1 Å². The molecule has 0 aliphatic rings. The van der Waals surface area contributed by atoms with Crippen molar-refractivity contribution in [3.05, 3.63) is 65.7 Å². The molecule has 0 fully saturated rings. The fourth-order valence-electron chi connectivity index (χ4n) is 2.47. The van der Waals surface area contributed by atoms with E-state index in [0.29, 0.717) is 12.1 Å². The van der Waals surface area contributed by atoms with Crippen molar-refractivity contribution in [2.75, 3.05) is 0 Å². The van der Waals surface area contributed by atoms with Crippen LogP contribution in [0.15, 0.2) is 48.7 Å². The Labute approximate surface area is 117 Å². The van der Waals surface area contributed by atoms with Gasteiger partial charge in [-0.2, -0.15) is 0 Å². The SMILES string of the molecule is Cc1ccc2c(CN)ncc(-c3ccccc3F)c2c1. The number of halogens is 1. The topological polar surface area (TPSA) is 38.9 Å². The van der Waals surface area contributed by atoms with E-state index in [2.05, 4.69) is 11.1 Å². The van der Waals surface area contributed by atoms with Crippen LogP contribution in [0.25, 0.3) is 21.9 Å². The van der Waals surface area contributed by atoms with Crippen LogP contribution in [-0.4, -0.2) is 4.98 Å². The van der Waals surface area contributed by atoms with Crippen molar-refractivity contribution in [1.82, 2.24) is 4.98 Å². The highest BCUT2D eigenvalue weighted by Gasteiger charge is 2.11. The van der Waals surface area contributed by atoms with Crippen LogP contribution in [0.2, 0.25) is 0 Å². The standard InChI is InChI=1S/C17H15FN2/c1-11-6-7-13-14(8-11)15(10-20-17(13)9-19)12-4-2-3-5-16(12)18/h2-8,10H,9,19H2,1H3. The van der Waals surface area contributed by atoms with Crippen molar-refractivity contribution in [2.45, 2.75) is 13.5 Å². The maximum Gasteiger partial charge on any atom is 0.131 e. The van der Waals surface area contributed by atoms with Gasteiger partial charge in [-0.3, -0.25) is 4.98 Å². The van der Waals surface area contributed by atoms with Crippen LogP contribution in [-0.2, 0) is 6.54 Å². The fraction of sp³-hybridized carbons (Fsp3) is 0.118. The minimum atomic E-state index is -0.238. The van der Waals surface area contributed by atoms with Gasteiger partial charge in [-0.25, -0.2) is 4.39 Å². The number of benzene rings is 2. The Morgan fingerprint density at radius 1 is 1.05 bits per heavy atom. The predicted octanol–water partition coefficient (Wildman–Crippen LogP) is 3.81. The lowest BCUT2D eigenvalue weighted by atomic mass is 9.97. The van der Waals surface area contributed by atoms with E-state index < -0.39 is 0 Å². The van der Waals surface area contributed by atoms with Gasteiger partial charge in [0, 0.05) is 29.3 Å². The number of nitrogens with zero attached hydrogens (tertiary/aromatic N) is 1. The molecule has 100 valence electrons. The first-order valence-electron chi connectivity index (χ1n) is 6.54. The molecule has 3 aromatic rings. The molecule has 2 nitrogen and oxygen atoms in total. The quantitative estimate of drug-likeness (QED) is 0.766. The second-order valence-corrected chi connectivity index (χ2v) is 4.85. The first kappa shape index (κ1) is 12.8. The summed E-state index contributed by atoms with van der Waals surface area (Å²) in [5.74, 6) is -0.238. The number of hydrogen-bond acceptors (Lipinski definition) is 2. The van der Waals surface area contributed by atoms with Crippen molar-refractivity contribution in [1.29, 1.82) is 0 Å². The zero-order valence-electron chi connectivity index (χ0n) is 11.2. The van der Waals surface area contributed by atoms with Crippen LogP contribution in [0.5, 0.6) is 0 Å². The Hall–Kier alpha value is -2.26. The summed E-state index contributed by atoms with van der Waals surface area (Å²) in [6, 6.07) is 12.8. The average molecular weight is 266 g/mol. The largest absolute Gasteiger partial charge is 0.325 e. The maximum atomic E-state index is 14.0. The number of aromatic nitrogens is 1. The number of aryl methyl sites for hydroxylation is 1. The van der Waals surface area contributed by atoms with Gasteiger partial charge in [-0.15, -0.1) is 0 Å². The molecule has 0 saturated carbocycles. The molecular weight excluding hydrogens is 251 g/mol. The first-order valence-corrected chi connectivity index (χ1v) is 6.54. The Balaban J connectivity index is 2.37.